The number of carbonyl (C=O) groups is 3. The summed E-state index contributed by atoms with van der Waals surface area (Å²) in [5, 5.41) is 0. The molecule has 0 aliphatic rings. The maximum Gasteiger partial charge on any atom is 0.306 e. The highest BCUT2D eigenvalue weighted by molar-refractivity contribution is 5.71. The first-order valence-electron chi connectivity index (χ1n) is 32.7. The first-order valence-corrected chi connectivity index (χ1v) is 32.7. The van der Waals surface area contributed by atoms with Gasteiger partial charge in [0, 0.05) is 19.3 Å². The molecule has 1 atom stereocenters. The minimum absolute atomic E-state index is 0.0855. The van der Waals surface area contributed by atoms with Crippen LogP contribution in [-0.4, -0.2) is 37.2 Å². The molecule has 0 aromatic heterocycles. The SMILES string of the molecule is CC/C=C\C/C=C\C/C=C\C/C=C\C/C=C\C/C=C\C/C=C\C/C=C\C/C=C\CCCCCCCCCC(=O)OCC(COC(=O)CCCCCCCCCC)OC(=O)CCCCCCCCC/C=C\C/C=C\CCCCCC. The summed E-state index contributed by atoms with van der Waals surface area (Å²) in [4.78, 5) is 38.1. The molecule has 0 heterocycles. The number of allylic oxidation sites excluding steroid dienone is 22. The van der Waals surface area contributed by atoms with Crippen molar-refractivity contribution in [2.75, 3.05) is 13.2 Å². The predicted octanol–water partition coefficient (Wildman–Crippen LogP) is 22.5. The molecule has 0 aliphatic heterocycles. The third kappa shape index (κ3) is 64.3. The lowest BCUT2D eigenvalue weighted by Crippen LogP contribution is -2.30. The average molecular weight is 1090 g/mol. The number of ether oxygens (including phenoxy) is 3. The Bertz CT molecular complexity index is 1680. The van der Waals surface area contributed by atoms with E-state index in [0.29, 0.717) is 19.3 Å². The van der Waals surface area contributed by atoms with Crippen LogP contribution in [0.2, 0.25) is 0 Å². The Labute approximate surface area is 487 Å². The molecule has 0 aromatic carbocycles. The standard InChI is InChI=1S/C73H120O6/c1-4-7-10-13-16-19-21-23-25-27-29-30-31-32-33-34-35-36-37-38-39-40-41-42-43-44-45-47-48-50-52-54-57-60-63-66-72(75)78-69-70(68-77-71(74)65-62-59-56-18-15-12-9-6-3)79-73(76)67-64-61-58-55-53-51-49-46-28-26-24-22-20-17-14-11-8-5-2/h7,10,16,19-20,22-23,25-26,28-30,32-33,35-36,38-39,41-42,44-45,70H,4-6,8-9,11-15,17-18,21,24,27,31,34,37,40,43,46-69H2,1-3H3/b10-7-,19-16-,22-20-,25-23-,28-26-,30-29-,33-32-,36-35-,39-38-,42-41-,45-44-. The van der Waals surface area contributed by atoms with Gasteiger partial charge in [0.1, 0.15) is 13.2 Å². The number of carbonyl (C=O) groups excluding carboxylic acids is 3. The van der Waals surface area contributed by atoms with E-state index in [1.807, 2.05) is 0 Å². The molecule has 6 nitrogen and oxygen atoms in total. The molecule has 0 spiro atoms. The van der Waals surface area contributed by atoms with Gasteiger partial charge in [-0.05, 0) is 122 Å². The van der Waals surface area contributed by atoms with Gasteiger partial charge < -0.3 is 14.2 Å². The zero-order valence-corrected chi connectivity index (χ0v) is 51.3. The first kappa shape index (κ1) is 74.5. The molecule has 6 heteroatoms. The van der Waals surface area contributed by atoms with Crippen LogP contribution < -0.4 is 0 Å². The fraction of sp³-hybridized carbons (Fsp3) is 0.658. The molecule has 79 heavy (non-hydrogen) atoms. The minimum Gasteiger partial charge on any atom is -0.462 e. The van der Waals surface area contributed by atoms with E-state index < -0.39 is 6.10 Å². The highest BCUT2D eigenvalue weighted by Crippen LogP contribution is 2.15. The quantitative estimate of drug-likeness (QED) is 0.0261. The van der Waals surface area contributed by atoms with Gasteiger partial charge in [0.15, 0.2) is 6.10 Å². The van der Waals surface area contributed by atoms with Crippen LogP contribution in [0.15, 0.2) is 134 Å². The molecule has 1 unspecified atom stereocenters. The Kier molecular flexibility index (Phi) is 62.3. The number of rotatable bonds is 58. The molecule has 0 aliphatic carbocycles. The van der Waals surface area contributed by atoms with E-state index in [0.717, 1.165) is 135 Å². The van der Waals surface area contributed by atoms with Gasteiger partial charge in [-0.1, -0.05) is 283 Å². The Hall–Kier alpha value is -4.45. The van der Waals surface area contributed by atoms with Gasteiger partial charge in [0.2, 0.25) is 0 Å². The molecule has 0 fully saturated rings. The molecule has 0 saturated heterocycles. The summed E-state index contributed by atoms with van der Waals surface area (Å²) in [5.74, 6) is -0.907. The molecule has 0 amide bonds. The third-order valence-corrected chi connectivity index (χ3v) is 13.6. The van der Waals surface area contributed by atoms with Crippen molar-refractivity contribution in [1.29, 1.82) is 0 Å². The second-order valence-corrected chi connectivity index (χ2v) is 21.3. The van der Waals surface area contributed by atoms with Crippen molar-refractivity contribution in [3.8, 4) is 0 Å². The van der Waals surface area contributed by atoms with Crippen LogP contribution in [0.5, 0.6) is 0 Å². The summed E-state index contributed by atoms with van der Waals surface area (Å²) in [7, 11) is 0. The lowest BCUT2D eigenvalue weighted by atomic mass is 10.1. The fourth-order valence-electron chi connectivity index (χ4n) is 8.76. The lowest BCUT2D eigenvalue weighted by molar-refractivity contribution is -0.167. The third-order valence-electron chi connectivity index (χ3n) is 13.6. The zero-order chi connectivity index (χ0) is 57.1. The van der Waals surface area contributed by atoms with Crippen molar-refractivity contribution in [3.05, 3.63) is 134 Å². The predicted molar refractivity (Wildman–Crippen MR) is 343 cm³/mol. The van der Waals surface area contributed by atoms with E-state index in [1.54, 1.807) is 0 Å². The van der Waals surface area contributed by atoms with Crippen molar-refractivity contribution >= 4 is 17.9 Å². The van der Waals surface area contributed by atoms with E-state index in [2.05, 4.69) is 154 Å². The highest BCUT2D eigenvalue weighted by Gasteiger charge is 2.19. The highest BCUT2D eigenvalue weighted by atomic mass is 16.6. The Morgan fingerprint density at radius 3 is 0.785 bits per heavy atom. The summed E-state index contributed by atoms with van der Waals surface area (Å²) >= 11 is 0. The number of esters is 3. The van der Waals surface area contributed by atoms with Crippen molar-refractivity contribution in [1.82, 2.24) is 0 Å². The normalized spacial score (nSPS) is 13.0. The molecular formula is C73H120O6. The molecule has 448 valence electrons. The average Bonchev–Trinajstić information content (AvgIpc) is 3.45. The number of hydrogen-bond acceptors (Lipinski definition) is 6. The monoisotopic (exact) mass is 1090 g/mol. The van der Waals surface area contributed by atoms with Crippen molar-refractivity contribution in [3.63, 3.8) is 0 Å². The molecule has 0 radical (unpaired) electrons. The summed E-state index contributed by atoms with van der Waals surface area (Å²) in [5.41, 5.74) is 0. The van der Waals surface area contributed by atoms with E-state index in [9.17, 15) is 14.4 Å². The molecule has 0 N–H and O–H groups in total. The maximum absolute atomic E-state index is 12.9. The van der Waals surface area contributed by atoms with Crippen LogP contribution >= 0.6 is 0 Å². The summed E-state index contributed by atoms with van der Waals surface area (Å²) in [6, 6.07) is 0. The zero-order valence-electron chi connectivity index (χ0n) is 51.3. The first-order chi connectivity index (χ1) is 39.0. The molecule has 0 rings (SSSR count). The molecule has 0 saturated carbocycles. The van der Waals surface area contributed by atoms with Crippen molar-refractivity contribution in [2.45, 2.75) is 297 Å². The molecule has 0 aromatic rings. The van der Waals surface area contributed by atoms with Crippen LogP contribution in [0, 0.1) is 0 Å². The van der Waals surface area contributed by atoms with Gasteiger partial charge in [-0.15, -0.1) is 0 Å². The van der Waals surface area contributed by atoms with Gasteiger partial charge in [0.05, 0.1) is 0 Å². The van der Waals surface area contributed by atoms with Crippen LogP contribution in [-0.2, 0) is 28.6 Å². The summed E-state index contributed by atoms with van der Waals surface area (Å²) in [6.07, 6.45) is 93.3. The Balaban J connectivity index is 4.19. The topological polar surface area (TPSA) is 78.9 Å². The summed E-state index contributed by atoms with van der Waals surface area (Å²) in [6.45, 7) is 6.47. The van der Waals surface area contributed by atoms with Gasteiger partial charge >= 0.3 is 17.9 Å². The van der Waals surface area contributed by atoms with Crippen molar-refractivity contribution in [2.24, 2.45) is 0 Å². The van der Waals surface area contributed by atoms with E-state index in [-0.39, 0.29) is 31.1 Å². The lowest BCUT2D eigenvalue weighted by Gasteiger charge is -2.18. The Morgan fingerprint density at radius 2 is 0.494 bits per heavy atom. The van der Waals surface area contributed by atoms with Crippen molar-refractivity contribution < 1.29 is 28.6 Å². The van der Waals surface area contributed by atoms with E-state index in [4.69, 9.17) is 14.2 Å². The maximum atomic E-state index is 12.9. The minimum atomic E-state index is -0.788. The summed E-state index contributed by atoms with van der Waals surface area (Å²) < 4.78 is 16.8. The van der Waals surface area contributed by atoms with Crippen LogP contribution in [0.4, 0.5) is 0 Å². The van der Waals surface area contributed by atoms with Crippen LogP contribution in [0.3, 0.4) is 0 Å². The van der Waals surface area contributed by atoms with Gasteiger partial charge in [-0.3, -0.25) is 14.4 Å². The van der Waals surface area contributed by atoms with Gasteiger partial charge in [-0.2, -0.15) is 0 Å². The van der Waals surface area contributed by atoms with Gasteiger partial charge in [0.25, 0.3) is 0 Å². The number of hydrogen-bond donors (Lipinski definition) is 0. The Morgan fingerprint density at radius 1 is 0.266 bits per heavy atom. The second kappa shape index (κ2) is 66.1. The number of unbranched alkanes of at least 4 members (excludes halogenated alkanes) is 25. The fourth-order valence-corrected chi connectivity index (χ4v) is 8.76. The molecular weight excluding hydrogens is 973 g/mol. The van der Waals surface area contributed by atoms with E-state index in [1.165, 1.54) is 116 Å². The molecule has 0 bridgehead atoms. The second-order valence-electron chi connectivity index (χ2n) is 21.3. The largest absolute Gasteiger partial charge is 0.462 e. The smallest absolute Gasteiger partial charge is 0.306 e. The van der Waals surface area contributed by atoms with Crippen LogP contribution in [0.25, 0.3) is 0 Å². The van der Waals surface area contributed by atoms with Crippen LogP contribution in [0.1, 0.15) is 290 Å². The van der Waals surface area contributed by atoms with E-state index >= 15 is 0 Å². The van der Waals surface area contributed by atoms with Gasteiger partial charge in [-0.25, -0.2) is 0 Å².